The third-order valence-corrected chi connectivity index (χ3v) is 5.05. The monoisotopic (exact) mass is 384 g/mol. The Kier molecular flexibility index (Phi) is 6.26. The Morgan fingerprint density at radius 3 is 2.15 bits per heavy atom. The molecule has 0 aliphatic rings. The molecule has 0 spiro atoms. The number of hydrogen-bond donors (Lipinski definition) is 0. The van der Waals surface area contributed by atoms with Crippen molar-refractivity contribution in [2.75, 3.05) is 0 Å². The van der Waals surface area contributed by atoms with Gasteiger partial charge in [0.15, 0.2) is 0 Å². The molecule has 0 radical (unpaired) electrons. The summed E-state index contributed by atoms with van der Waals surface area (Å²) in [5.41, 5.74) is 0.818. The summed E-state index contributed by atoms with van der Waals surface area (Å²) >= 11 is 0. The first-order valence-electron chi connectivity index (χ1n) is 7.92. The Labute approximate surface area is 151 Å². The van der Waals surface area contributed by atoms with Gasteiger partial charge in [-0.25, -0.2) is 0 Å². The lowest BCUT2D eigenvalue weighted by Gasteiger charge is -2.11. The van der Waals surface area contributed by atoms with Gasteiger partial charge in [0.1, 0.15) is 0 Å². The molecule has 0 aliphatic carbocycles. The predicted molar refractivity (Wildman–Crippen MR) is 94.0 cm³/mol. The normalized spacial score (nSPS) is 13.9. The first-order valence-corrected chi connectivity index (χ1v) is 9.32. The Bertz CT molecular complexity index is 852. The highest BCUT2D eigenvalue weighted by atomic mass is 32.2. The van der Waals surface area contributed by atoms with Gasteiger partial charge in [-0.3, -0.25) is 4.18 Å². The lowest BCUT2D eigenvalue weighted by atomic mass is 10.1. The minimum Gasteiger partial charge on any atom is -0.263 e. The van der Waals surface area contributed by atoms with Gasteiger partial charge >= 0.3 is 6.18 Å². The van der Waals surface area contributed by atoms with Crippen LogP contribution in [0.1, 0.15) is 30.0 Å². The number of alkyl halides is 3. The van der Waals surface area contributed by atoms with E-state index >= 15 is 0 Å². The van der Waals surface area contributed by atoms with Crippen molar-refractivity contribution in [3.05, 3.63) is 71.3 Å². The molecule has 3 nitrogen and oxygen atoms in total. The van der Waals surface area contributed by atoms with Crippen molar-refractivity contribution in [1.29, 1.82) is 0 Å². The molecule has 0 heterocycles. The number of hydrogen-bond acceptors (Lipinski definition) is 3. The first-order chi connectivity index (χ1) is 12.1. The van der Waals surface area contributed by atoms with Crippen molar-refractivity contribution < 1.29 is 25.8 Å². The van der Waals surface area contributed by atoms with Crippen LogP contribution in [0.15, 0.2) is 59.5 Å². The molecule has 1 unspecified atom stereocenters. The molecule has 0 N–H and O–H groups in total. The van der Waals surface area contributed by atoms with E-state index < -0.39 is 28.0 Å². The summed E-state index contributed by atoms with van der Waals surface area (Å²) in [6.07, 6.45) is -1.38. The van der Waals surface area contributed by atoms with E-state index in [-0.39, 0.29) is 4.90 Å². The molecule has 0 saturated heterocycles. The van der Waals surface area contributed by atoms with Crippen LogP contribution in [0.5, 0.6) is 0 Å². The highest BCUT2D eigenvalue weighted by Gasteiger charge is 2.29. The lowest BCUT2D eigenvalue weighted by Crippen LogP contribution is -2.15. The molecule has 7 heteroatoms. The van der Waals surface area contributed by atoms with Crippen LogP contribution >= 0.6 is 0 Å². The highest BCUT2D eigenvalue weighted by Crippen LogP contribution is 2.29. The van der Waals surface area contributed by atoms with Gasteiger partial charge in [-0.05, 0) is 50.1 Å². The number of halogens is 3. The minimum atomic E-state index is -4.37. The van der Waals surface area contributed by atoms with Gasteiger partial charge < -0.3 is 0 Å². The smallest absolute Gasteiger partial charge is 0.263 e. The van der Waals surface area contributed by atoms with E-state index in [9.17, 15) is 21.6 Å². The van der Waals surface area contributed by atoms with E-state index in [1.54, 1.807) is 31.2 Å². The Hall–Kier alpha value is -2.12. The molecule has 2 aromatic carbocycles. The quantitative estimate of drug-likeness (QED) is 0.642. The molecule has 0 amide bonds. The topological polar surface area (TPSA) is 43.4 Å². The molecule has 2 rings (SSSR count). The van der Waals surface area contributed by atoms with Crippen LogP contribution in [-0.2, 0) is 20.5 Å². The van der Waals surface area contributed by atoms with E-state index in [1.165, 1.54) is 24.3 Å². The van der Waals surface area contributed by atoms with Crippen molar-refractivity contribution in [2.45, 2.75) is 37.4 Å². The van der Waals surface area contributed by atoms with Gasteiger partial charge in [0.2, 0.25) is 0 Å². The summed E-state index contributed by atoms with van der Waals surface area (Å²) in [5.74, 6) is 0. The van der Waals surface area contributed by atoms with Crippen molar-refractivity contribution in [3.63, 3.8) is 0 Å². The van der Waals surface area contributed by atoms with Crippen LogP contribution in [0.25, 0.3) is 6.08 Å². The SMILES string of the molecule is Cc1ccc(S(=O)(=O)OC(C)C/C=C/c2ccc(C(F)(F)F)cc2)cc1. The molecular weight excluding hydrogens is 365 g/mol. The van der Waals surface area contributed by atoms with Gasteiger partial charge in [0.25, 0.3) is 10.1 Å². The second-order valence-corrected chi connectivity index (χ2v) is 7.50. The molecular formula is C19H19F3O3S. The Balaban J connectivity index is 1.94. The fourth-order valence-corrected chi connectivity index (χ4v) is 3.29. The molecule has 2 aromatic rings. The summed E-state index contributed by atoms with van der Waals surface area (Å²) in [6.45, 7) is 3.47. The van der Waals surface area contributed by atoms with Gasteiger partial charge in [0, 0.05) is 0 Å². The van der Waals surface area contributed by atoms with Crippen LogP contribution in [0.3, 0.4) is 0 Å². The zero-order valence-corrected chi connectivity index (χ0v) is 15.1. The second kappa shape index (κ2) is 8.05. The van der Waals surface area contributed by atoms with Crippen molar-refractivity contribution in [1.82, 2.24) is 0 Å². The van der Waals surface area contributed by atoms with E-state index in [1.807, 2.05) is 6.92 Å². The maximum atomic E-state index is 12.5. The van der Waals surface area contributed by atoms with Gasteiger partial charge in [0.05, 0.1) is 16.6 Å². The molecule has 1 atom stereocenters. The Morgan fingerprint density at radius 1 is 1.04 bits per heavy atom. The van der Waals surface area contributed by atoms with Gasteiger partial charge in [-0.2, -0.15) is 21.6 Å². The third kappa shape index (κ3) is 5.71. The number of aryl methyl sites for hydroxylation is 1. The molecule has 0 saturated carbocycles. The van der Waals surface area contributed by atoms with Crippen LogP contribution in [-0.4, -0.2) is 14.5 Å². The highest BCUT2D eigenvalue weighted by molar-refractivity contribution is 7.86. The van der Waals surface area contributed by atoms with Crippen LogP contribution in [0.4, 0.5) is 13.2 Å². The maximum Gasteiger partial charge on any atom is 0.416 e. The summed E-state index contributed by atoms with van der Waals surface area (Å²) in [4.78, 5) is 0.0849. The van der Waals surface area contributed by atoms with Crippen LogP contribution in [0.2, 0.25) is 0 Å². The zero-order valence-electron chi connectivity index (χ0n) is 14.3. The zero-order chi connectivity index (χ0) is 19.4. The number of rotatable bonds is 6. The van der Waals surface area contributed by atoms with Crippen LogP contribution < -0.4 is 0 Å². The maximum absolute atomic E-state index is 12.5. The summed E-state index contributed by atoms with van der Waals surface area (Å²) < 4.78 is 67.0. The largest absolute Gasteiger partial charge is 0.416 e. The number of benzene rings is 2. The molecule has 140 valence electrons. The molecule has 0 aromatic heterocycles. The van der Waals surface area contributed by atoms with Gasteiger partial charge in [-0.15, -0.1) is 0 Å². The lowest BCUT2D eigenvalue weighted by molar-refractivity contribution is -0.137. The van der Waals surface area contributed by atoms with E-state index in [2.05, 4.69) is 0 Å². The standard InChI is InChI=1S/C19H19F3O3S/c1-14-6-12-18(13-7-14)26(23,24)25-15(2)4-3-5-16-8-10-17(11-9-16)19(20,21)22/h3,5-13,15H,4H2,1-2H3/b5-3+. The third-order valence-electron chi connectivity index (χ3n) is 3.62. The molecule has 26 heavy (non-hydrogen) atoms. The average Bonchev–Trinajstić information content (AvgIpc) is 2.54. The molecule has 0 bridgehead atoms. The Morgan fingerprint density at radius 2 is 1.62 bits per heavy atom. The predicted octanol–water partition coefficient (Wildman–Crippen LogP) is 5.21. The van der Waals surface area contributed by atoms with E-state index in [0.717, 1.165) is 17.7 Å². The average molecular weight is 384 g/mol. The first kappa shape index (κ1) is 20.2. The fraction of sp³-hybridized carbons (Fsp3) is 0.263. The van der Waals surface area contributed by atoms with E-state index in [0.29, 0.717) is 12.0 Å². The second-order valence-electron chi connectivity index (χ2n) is 5.93. The van der Waals surface area contributed by atoms with Gasteiger partial charge in [-0.1, -0.05) is 42.0 Å². The molecule has 0 aliphatic heterocycles. The summed E-state index contributed by atoms with van der Waals surface area (Å²) in [6, 6.07) is 11.0. The van der Waals surface area contributed by atoms with Crippen molar-refractivity contribution >= 4 is 16.2 Å². The van der Waals surface area contributed by atoms with Crippen LogP contribution in [0, 0.1) is 6.92 Å². The summed E-state index contributed by atoms with van der Waals surface area (Å²) in [5, 5.41) is 0. The minimum absolute atomic E-state index is 0.0849. The molecule has 0 fully saturated rings. The van der Waals surface area contributed by atoms with Crippen molar-refractivity contribution in [3.8, 4) is 0 Å². The fourth-order valence-electron chi connectivity index (χ4n) is 2.20. The van der Waals surface area contributed by atoms with E-state index in [4.69, 9.17) is 4.18 Å². The van der Waals surface area contributed by atoms with Crippen molar-refractivity contribution in [2.24, 2.45) is 0 Å². The summed E-state index contributed by atoms with van der Waals surface area (Å²) in [7, 11) is -3.85.